The molecule has 0 amide bonds. The van der Waals surface area contributed by atoms with Gasteiger partial charge in [-0.05, 0) is 50.9 Å². The highest BCUT2D eigenvalue weighted by Gasteiger charge is 2.42. The molecule has 0 bridgehead atoms. The summed E-state index contributed by atoms with van der Waals surface area (Å²) in [5.41, 5.74) is 1.23. The molecule has 1 saturated heterocycles. The number of likely N-dealkylation sites (tertiary alicyclic amines) is 1. The van der Waals surface area contributed by atoms with Crippen molar-refractivity contribution in [2.75, 3.05) is 13.1 Å². The molecule has 21 heavy (non-hydrogen) atoms. The number of furan rings is 1. The number of piperidine rings is 1. The lowest BCUT2D eigenvalue weighted by molar-refractivity contribution is 0.0144. The molecule has 1 aliphatic carbocycles. The number of nitrogens with zero attached hydrogens (tertiary/aromatic N) is 1. The second kappa shape index (κ2) is 5.49. The number of rotatable bonds is 2. The lowest BCUT2D eigenvalue weighted by Crippen LogP contribution is -2.49. The van der Waals surface area contributed by atoms with Crippen LogP contribution in [0.5, 0.6) is 0 Å². The van der Waals surface area contributed by atoms with E-state index in [4.69, 9.17) is 4.42 Å². The summed E-state index contributed by atoms with van der Waals surface area (Å²) in [7, 11) is 0. The van der Waals surface area contributed by atoms with E-state index in [9.17, 15) is 0 Å². The maximum atomic E-state index is 6.32. The highest BCUT2D eigenvalue weighted by molar-refractivity contribution is 5.78. The maximum Gasteiger partial charge on any atom is 0.134 e. The van der Waals surface area contributed by atoms with Crippen molar-refractivity contribution in [3.8, 4) is 0 Å². The molecule has 2 heterocycles. The Hall–Kier alpha value is -1.28. The minimum atomic E-state index is 0.178. The summed E-state index contributed by atoms with van der Waals surface area (Å²) in [6, 6.07) is 10.8. The minimum absolute atomic E-state index is 0.178. The summed E-state index contributed by atoms with van der Waals surface area (Å²) >= 11 is 0. The molecule has 112 valence electrons. The average Bonchev–Trinajstić information content (AvgIpc) is 3.01. The van der Waals surface area contributed by atoms with E-state index < -0.39 is 0 Å². The van der Waals surface area contributed by atoms with Crippen molar-refractivity contribution in [1.82, 2.24) is 4.90 Å². The second-order valence-electron chi connectivity index (χ2n) is 6.79. The van der Waals surface area contributed by atoms with Crippen LogP contribution in [0.2, 0.25) is 0 Å². The quantitative estimate of drug-likeness (QED) is 0.764. The predicted molar refractivity (Wildman–Crippen MR) is 86.4 cm³/mol. The van der Waals surface area contributed by atoms with Gasteiger partial charge >= 0.3 is 0 Å². The molecule has 2 aromatic rings. The van der Waals surface area contributed by atoms with Crippen LogP contribution in [0.15, 0.2) is 34.7 Å². The molecular weight excluding hydrogens is 258 g/mol. The Morgan fingerprint density at radius 1 is 0.857 bits per heavy atom. The minimum Gasteiger partial charge on any atom is -0.459 e. The van der Waals surface area contributed by atoms with Gasteiger partial charge in [0, 0.05) is 5.39 Å². The molecule has 2 nitrogen and oxygen atoms in total. The zero-order valence-corrected chi connectivity index (χ0v) is 12.8. The van der Waals surface area contributed by atoms with Crippen molar-refractivity contribution < 1.29 is 4.42 Å². The molecule has 1 aromatic carbocycles. The van der Waals surface area contributed by atoms with Crippen molar-refractivity contribution in [2.24, 2.45) is 0 Å². The van der Waals surface area contributed by atoms with Crippen LogP contribution in [0.4, 0.5) is 0 Å². The van der Waals surface area contributed by atoms with Gasteiger partial charge in [-0.3, -0.25) is 4.90 Å². The molecule has 0 atom stereocenters. The SMILES string of the molecule is c1ccc2oc(C3(N4CCCCC4)CCCCC3)cc2c1. The Labute approximate surface area is 127 Å². The van der Waals surface area contributed by atoms with Gasteiger partial charge in [-0.15, -0.1) is 0 Å². The van der Waals surface area contributed by atoms with Crippen LogP contribution < -0.4 is 0 Å². The third-order valence-electron chi connectivity index (χ3n) is 5.53. The van der Waals surface area contributed by atoms with Gasteiger partial charge in [-0.1, -0.05) is 43.9 Å². The van der Waals surface area contributed by atoms with E-state index in [1.165, 1.54) is 75.6 Å². The molecule has 1 aliphatic heterocycles. The number of para-hydroxylation sites is 1. The van der Waals surface area contributed by atoms with Crippen LogP contribution in [0.3, 0.4) is 0 Å². The first-order valence-corrected chi connectivity index (χ1v) is 8.63. The first-order chi connectivity index (χ1) is 10.4. The fourth-order valence-corrected chi connectivity index (χ4v) is 4.39. The summed E-state index contributed by atoms with van der Waals surface area (Å²) in [5, 5.41) is 1.26. The number of fused-ring (bicyclic) bond motifs is 1. The van der Waals surface area contributed by atoms with Crippen LogP contribution in [0, 0.1) is 0 Å². The van der Waals surface area contributed by atoms with Crippen molar-refractivity contribution >= 4 is 11.0 Å². The number of hydrogen-bond acceptors (Lipinski definition) is 2. The van der Waals surface area contributed by atoms with Gasteiger partial charge < -0.3 is 4.42 Å². The third kappa shape index (κ3) is 2.30. The summed E-state index contributed by atoms with van der Waals surface area (Å²) in [5.74, 6) is 1.23. The molecule has 1 aromatic heterocycles. The van der Waals surface area contributed by atoms with E-state index in [1.807, 2.05) is 0 Å². The van der Waals surface area contributed by atoms with Crippen molar-refractivity contribution in [3.63, 3.8) is 0 Å². The third-order valence-corrected chi connectivity index (χ3v) is 5.53. The Morgan fingerprint density at radius 3 is 2.33 bits per heavy atom. The van der Waals surface area contributed by atoms with E-state index in [1.54, 1.807) is 0 Å². The van der Waals surface area contributed by atoms with Gasteiger partial charge in [-0.25, -0.2) is 0 Å². The normalized spacial score (nSPS) is 23.4. The van der Waals surface area contributed by atoms with Gasteiger partial charge in [0.15, 0.2) is 0 Å². The highest BCUT2D eigenvalue weighted by atomic mass is 16.3. The Balaban J connectivity index is 1.77. The number of hydrogen-bond donors (Lipinski definition) is 0. The van der Waals surface area contributed by atoms with Gasteiger partial charge in [0.1, 0.15) is 11.3 Å². The number of benzene rings is 1. The largest absolute Gasteiger partial charge is 0.459 e. The highest BCUT2D eigenvalue weighted by Crippen LogP contribution is 2.45. The Morgan fingerprint density at radius 2 is 1.57 bits per heavy atom. The molecule has 0 radical (unpaired) electrons. The zero-order valence-electron chi connectivity index (χ0n) is 12.8. The first-order valence-electron chi connectivity index (χ1n) is 8.63. The monoisotopic (exact) mass is 283 g/mol. The fourth-order valence-electron chi connectivity index (χ4n) is 4.39. The van der Waals surface area contributed by atoms with E-state index in [0.717, 1.165) is 5.58 Å². The smallest absolute Gasteiger partial charge is 0.134 e. The van der Waals surface area contributed by atoms with E-state index in [0.29, 0.717) is 0 Å². The predicted octanol–water partition coefficient (Wildman–Crippen LogP) is 5.08. The first kappa shape index (κ1) is 13.4. The van der Waals surface area contributed by atoms with E-state index >= 15 is 0 Å². The van der Waals surface area contributed by atoms with Gasteiger partial charge in [0.05, 0.1) is 5.54 Å². The van der Waals surface area contributed by atoms with Crippen LogP contribution in [-0.4, -0.2) is 18.0 Å². The van der Waals surface area contributed by atoms with Crippen LogP contribution in [0.1, 0.15) is 57.1 Å². The molecule has 0 spiro atoms. The summed E-state index contributed by atoms with van der Waals surface area (Å²) < 4.78 is 6.32. The van der Waals surface area contributed by atoms with E-state index in [2.05, 4.69) is 35.2 Å². The summed E-state index contributed by atoms with van der Waals surface area (Å²) in [6.45, 7) is 2.49. The molecule has 0 unspecified atom stereocenters. The standard InChI is InChI=1S/C19H25NO/c1-5-11-19(12-6-1,20-13-7-2-8-14-20)18-15-16-9-3-4-10-17(16)21-18/h3-4,9-10,15H,1-2,5-8,11-14H2. The van der Waals surface area contributed by atoms with Crippen molar-refractivity contribution in [2.45, 2.75) is 56.9 Å². The van der Waals surface area contributed by atoms with Gasteiger partial charge in [0.2, 0.25) is 0 Å². The van der Waals surface area contributed by atoms with E-state index in [-0.39, 0.29) is 5.54 Å². The Kier molecular flexibility index (Phi) is 3.50. The topological polar surface area (TPSA) is 16.4 Å². The van der Waals surface area contributed by atoms with Crippen LogP contribution in [-0.2, 0) is 5.54 Å². The molecule has 2 fully saturated rings. The lowest BCUT2D eigenvalue weighted by atomic mass is 9.77. The lowest BCUT2D eigenvalue weighted by Gasteiger charge is -2.46. The fraction of sp³-hybridized carbons (Fsp3) is 0.579. The molecule has 4 rings (SSSR count). The molecule has 2 aliphatic rings. The van der Waals surface area contributed by atoms with Crippen molar-refractivity contribution in [1.29, 1.82) is 0 Å². The summed E-state index contributed by atoms with van der Waals surface area (Å²) in [4.78, 5) is 2.74. The molecule has 1 saturated carbocycles. The zero-order chi connectivity index (χ0) is 14.1. The summed E-state index contributed by atoms with van der Waals surface area (Å²) in [6.07, 6.45) is 10.7. The van der Waals surface area contributed by atoms with Gasteiger partial charge in [0.25, 0.3) is 0 Å². The maximum absolute atomic E-state index is 6.32. The van der Waals surface area contributed by atoms with Crippen LogP contribution in [0.25, 0.3) is 11.0 Å². The molecule has 2 heteroatoms. The second-order valence-corrected chi connectivity index (χ2v) is 6.79. The molecular formula is C19H25NO. The Bertz CT molecular complexity index is 570. The molecule has 0 N–H and O–H groups in total. The van der Waals surface area contributed by atoms with Crippen LogP contribution >= 0.6 is 0 Å². The average molecular weight is 283 g/mol. The van der Waals surface area contributed by atoms with Crippen molar-refractivity contribution in [3.05, 3.63) is 36.1 Å². The van der Waals surface area contributed by atoms with Gasteiger partial charge in [-0.2, -0.15) is 0 Å².